The first-order valence-electron chi connectivity index (χ1n) is 7.14. The molecule has 0 radical (unpaired) electrons. The lowest BCUT2D eigenvalue weighted by molar-refractivity contribution is 0.0693. The summed E-state index contributed by atoms with van der Waals surface area (Å²) in [5.41, 5.74) is 2.06. The van der Waals surface area contributed by atoms with Crippen molar-refractivity contribution in [3.05, 3.63) is 71.4 Å². The van der Waals surface area contributed by atoms with E-state index >= 15 is 0 Å². The zero-order valence-corrected chi connectivity index (χ0v) is 12.6. The fraction of sp³-hybridized carbons (Fsp3) is 0.111. The molecular weight excluding hydrogens is 294 g/mol. The predicted octanol–water partition coefficient (Wildman–Crippen LogP) is 3.46. The minimum Gasteiger partial charge on any atom is -0.507 e. The van der Waals surface area contributed by atoms with Gasteiger partial charge in [-0.25, -0.2) is 4.79 Å². The van der Waals surface area contributed by atoms with Crippen LogP contribution in [0.3, 0.4) is 0 Å². The van der Waals surface area contributed by atoms with Gasteiger partial charge in [0.2, 0.25) is 0 Å². The van der Waals surface area contributed by atoms with Crippen LogP contribution in [0.2, 0.25) is 0 Å². The van der Waals surface area contributed by atoms with Gasteiger partial charge in [0.25, 0.3) is 0 Å². The number of carboxylic acid groups (broad SMARTS) is 1. The molecule has 0 amide bonds. The van der Waals surface area contributed by atoms with Gasteiger partial charge in [0.15, 0.2) is 5.78 Å². The lowest BCUT2D eigenvalue weighted by Gasteiger charge is -2.04. The zero-order valence-electron chi connectivity index (χ0n) is 12.6. The van der Waals surface area contributed by atoms with Crippen LogP contribution in [0, 0.1) is 0 Å². The quantitative estimate of drug-likeness (QED) is 0.562. The van der Waals surface area contributed by atoms with E-state index in [1.54, 1.807) is 12.1 Å². The molecule has 0 fully saturated rings. The van der Waals surface area contributed by atoms with Crippen molar-refractivity contribution in [2.24, 2.45) is 0 Å². The maximum absolute atomic E-state index is 12.0. The molecule has 0 saturated heterocycles. The Labute approximate surface area is 133 Å². The molecule has 3 N–H and O–H groups in total. The van der Waals surface area contributed by atoms with Gasteiger partial charge in [0, 0.05) is 29.6 Å². The van der Waals surface area contributed by atoms with Gasteiger partial charge < -0.3 is 15.5 Å². The smallest absolute Gasteiger partial charge is 0.339 e. The molecule has 0 bridgehead atoms. The van der Waals surface area contributed by atoms with Gasteiger partial charge in [-0.05, 0) is 24.1 Å². The highest BCUT2D eigenvalue weighted by Crippen LogP contribution is 2.21. The Kier molecular flexibility index (Phi) is 5.15. The maximum atomic E-state index is 12.0. The number of allylic oxidation sites excluding steroid dienone is 1. The van der Waals surface area contributed by atoms with E-state index < -0.39 is 5.97 Å². The number of phenols is 1. The van der Waals surface area contributed by atoms with Gasteiger partial charge in [-0.15, -0.1) is 0 Å². The number of hydrogen-bond donors (Lipinski definition) is 3. The van der Waals surface area contributed by atoms with Crippen LogP contribution in [0.5, 0.6) is 5.75 Å². The molecule has 0 aliphatic heterocycles. The zero-order chi connectivity index (χ0) is 16.8. The van der Waals surface area contributed by atoms with Crippen LogP contribution in [0.1, 0.15) is 33.2 Å². The highest BCUT2D eigenvalue weighted by Gasteiger charge is 2.09. The molecule has 0 aromatic heterocycles. The van der Waals surface area contributed by atoms with Gasteiger partial charge in [0.05, 0.1) is 0 Å². The fourth-order valence-corrected chi connectivity index (χ4v) is 2.02. The predicted molar refractivity (Wildman–Crippen MR) is 88.0 cm³/mol. The number of aromatic hydroxyl groups is 1. The lowest BCUT2D eigenvalue weighted by Crippen LogP contribution is -1.98. The third kappa shape index (κ3) is 4.20. The molecule has 2 aromatic carbocycles. The van der Waals surface area contributed by atoms with Crippen LogP contribution in [0.15, 0.2) is 54.7 Å². The molecular formula is C18H17NO4. The van der Waals surface area contributed by atoms with E-state index in [1.807, 2.05) is 19.1 Å². The van der Waals surface area contributed by atoms with Gasteiger partial charge in [-0.1, -0.05) is 31.2 Å². The summed E-state index contributed by atoms with van der Waals surface area (Å²) in [6.45, 7) is 2.05. The van der Waals surface area contributed by atoms with Gasteiger partial charge >= 0.3 is 5.97 Å². The first-order chi connectivity index (χ1) is 11.0. The summed E-state index contributed by atoms with van der Waals surface area (Å²) in [6.07, 6.45) is 3.75. The van der Waals surface area contributed by atoms with Crippen molar-refractivity contribution < 1.29 is 19.8 Å². The maximum Gasteiger partial charge on any atom is 0.339 e. The number of benzene rings is 2. The molecule has 0 heterocycles. The summed E-state index contributed by atoms with van der Waals surface area (Å²) in [6, 6.07) is 11.5. The van der Waals surface area contributed by atoms with Crippen molar-refractivity contribution in [3.63, 3.8) is 0 Å². The second kappa shape index (κ2) is 7.26. The number of carbonyl (C=O) groups excluding carboxylic acids is 1. The largest absolute Gasteiger partial charge is 0.507 e. The van der Waals surface area contributed by atoms with Crippen molar-refractivity contribution >= 4 is 17.4 Å². The van der Waals surface area contributed by atoms with Crippen LogP contribution in [-0.4, -0.2) is 22.0 Å². The van der Waals surface area contributed by atoms with E-state index in [2.05, 4.69) is 5.32 Å². The molecule has 118 valence electrons. The Hall–Kier alpha value is -3.08. The molecule has 0 aliphatic rings. The average Bonchev–Trinajstić information content (AvgIpc) is 2.54. The first-order valence-corrected chi connectivity index (χ1v) is 7.14. The van der Waals surface area contributed by atoms with E-state index in [4.69, 9.17) is 5.11 Å². The number of ketones is 1. The molecule has 2 rings (SSSR count). The Morgan fingerprint density at radius 3 is 2.39 bits per heavy atom. The van der Waals surface area contributed by atoms with Crippen molar-refractivity contribution in [3.8, 4) is 5.75 Å². The number of carbonyl (C=O) groups is 2. The topological polar surface area (TPSA) is 86.6 Å². The summed E-state index contributed by atoms with van der Waals surface area (Å²) >= 11 is 0. The molecule has 0 atom stereocenters. The minimum atomic E-state index is -1.20. The third-order valence-electron chi connectivity index (χ3n) is 3.36. The van der Waals surface area contributed by atoms with Gasteiger partial charge in [0.1, 0.15) is 11.3 Å². The van der Waals surface area contributed by atoms with Crippen LogP contribution < -0.4 is 5.32 Å². The number of rotatable bonds is 6. The molecule has 0 spiro atoms. The number of nitrogens with one attached hydrogen (secondary N) is 1. The average molecular weight is 311 g/mol. The number of hydrogen-bond acceptors (Lipinski definition) is 4. The van der Waals surface area contributed by atoms with E-state index in [0.29, 0.717) is 11.3 Å². The number of anilines is 1. The normalized spacial score (nSPS) is 10.7. The van der Waals surface area contributed by atoms with Gasteiger partial charge in [-0.3, -0.25) is 4.79 Å². The summed E-state index contributed by atoms with van der Waals surface area (Å²) in [5, 5.41) is 21.2. The Bertz CT molecular complexity index is 748. The van der Waals surface area contributed by atoms with Crippen LogP contribution >= 0.6 is 0 Å². The van der Waals surface area contributed by atoms with Crippen molar-refractivity contribution in [2.75, 3.05) is 5.32 Å². The molecule has 0 unspecified atom stereocenters. The molecule has 0 saturated carbocycles. The molecule has 5 heteroatoms. The van der Waals surface area contributed by atoms with Gasteiger partial charge in [-0.2, -0.15) is 0 Å². The van der Waals surface area contributed by atoms with Crippen molar-refractivity contribution in [1.29, 1.82) is 0 Å². The molecule has 5 nitrogen and oxygen atoms in total. The number of aryl methyl sites for hydroxylation is 1. The van der Waals surface area contributed by atoms with Crippen molar-refractivity contribution in [1.82, 2.24) is 0 Å². The highest BCUT2D eigenvalue weighted by molar-refractivity contribution is 6.04. The summed E-state index contributed by atoms with van der Waals surface area (Å²) in [7, 11) is 0. The summed E-state index contributed by atoms with van der Waals surface area (Å²) in [4.78, 5) is 22.8. The van der Waals surface area contributed by atoms with Crippen LogP contribution in [0.25, 0.3) is 0 Å². The van der Waals surface area contributed by atoms with Crippen molar-refractivity contribution in [2.45, 2.75) is 13.3 Å². The summed E-state index contributed by atoms with van der Waals surface area (Å²) < 4.78 is 0. The lowest BCUT2D eigenvalue weighted by atomic mass is 10.1. The molecule has 0 aliphatic carbocycles. The summed E-state index contributed by atoms with van der Waals surface area (Å²) in [5.74, 6) is -1.68. The van der Waals surface area contributed by atoms with E-state index in [0.717, 1.165) is 12.0 Å². The highest BCUT2D eigenvalue weighted by atomic mass is 16.4. The second-order valence-electron chi connectivity index (χ2n) is 4.93. The third-order valence-corrected chi connectivity index (χ3v) is 3.36. The Balaban J connectivity index is 2.01. The fourth-order valence-electron chi connectivity index (χ4n) is 2.02. The number of carboxylic acids is 1. The van der Waals surface area contributed by atoms with E-state index in [1.165, 1.54) is 30.5 Å². The molecule has 23 heavy (non-hydrogen) atoms. The van der Waals surface area contributed by atoms with E-state index in [-0.39, 0.29) is 17.1 Å². The second-order valence-corrected chi connectivity index (χ2v) is 4.93. The monoisotopic (exact) mass is 311 g/mol. The Morgan fingerprint density at radius 1 is 1.13 bits per heavy atom. The van der Waals surface area contributed by atoms with Crippen LogP contribution in [-0.2, 0) is 6.42 Å². The van der Waals surface area contributed by atoms with E-state index in [9.17, 15) is 14.7 Å². The standard InChI is InChI=1S/C18H17NO4/c1-2-12-3-5-13(6-4-12)16(20)9-10-19-14-7-8-15(18(22)23)17(21)11-14/h3-11,19,21H,2H2,1H3,(H,22,23)/b10-9+. The minimum absolute atomic E-state index is 0.147. The Morgan fingerprint density at radius 2 is 1.83 bits per heavy atom. The first kappa shape index (κ1) is 16.3. The van der Waals surface area contributed by atoms with Crippen LogP contribution in [0.4, 0.5) is 5.69 Å². The SMILES string of the molecule is CCc1ccc(C(=O)/C=C/Nc2ccc(C(=O)O)c(O)c2)cc1. The number of aromatic carboxylic acids is 1. The molecule has 2 aromatic rings.